The molecule has 0 spiro atoms. The summed E-state index contributed by atoms with van der Waals surface area (Å²) in [4.78, 5) is 9.32. The van der Waals surface area contributed by atoms with Crippen LogP contribution in [0.5, 0.6) is 0 Å². The molecular formula is C14H23N3O. The maximum absolute atomic E-state index is 9.28. The molecule has 1 aromatic rings. The number of aliphatic hydroxyl groups is 1. The Balaban J connectivity index is 2.23. The summed E-state index contributed by atoms with van der Waals surface area (Å²) in [6, 6.07) is 4.98. The third kappa shape index (κ3) is 2.65. The largest absolute Gasteiger partial charge is 0.392 e. The number of hydrogen-bond acceptors (Lipinski definition) is 4. The highest BCUT2D eigenvalue weighted by atomic mass is 16.3. The number of aryl methyl sites for hydroxylation is 1. The van der Waals surface area contributed by atoms with Crippen molar-refractivity contribution in [3.63, 3.8) is 0 Å². The quantitative estimate of drug-likeness (QED) is 0.860. The van der Waals surface area contributed by atoms with Crippen LogP contribution in [0.2, 0.25) is 0 Å². The van der Waals surface area contributed by atoms with Crippen LogP contribution in [0.1, 0.15) is 25.1 Å². The smallest absolute Gasteiger partial charge is 0.129 e. The molecule has 1 saturated heterocycles. The number of hydrogen-bond donors (Lipinski definition) is 1. The van der Waals surface area contributed by atoms with Gasteiger partial charge in [0.05, 0.1) is 6.61 Å². The molecule has 1 aliphatic heterocycles. The van der Waals surface area contributed by atoms with Crippen molar-refractivity contribution < 1.29 is 5.11 Å². The fraction of sp³-hybridized carbons (Fsp3) is 0.643. The van der Waals surface area contributed by atoms with Crippen LogP contribution >= 0.6 is 0 Å². The van der Waals surface area contributed by atoms with Gasteiger partial charge in [0.25, 0.3) is 0 Å². The fourth-order valence-corrected chi connectivity index (χ4v) is 2.57. The third-order valence-electron chi connectivity index (χ3n) is 3.87. The highest BCUT2D eigenvalue weighted by molar-refractivity contribution is 5.43. The summed E-state index contributed by atoms with van der Waals surface area (Å²) in [7, 11) is 2.18. The number of aliphatic hydroxyl groups excluding tert-OH is 1. The van der Waals surface area contributed by atoms with Crippen molar-refractivity contribution in [1.82, 2.24) is 9.88 Å². The van der Waals surface area contributed by atoms with Crippen LogP contribution in [0.25, 0.3) is 0 Å². The van der Waals surface area contributed by atoms with E-state index in [2.05, 4.69) is 35.7 Å². The van der Waals surface area contributed by atoms with Crippen molar-refractivity contribution in [1.29, 1.82) is 0 Å². The second kappa shape index (κ2) is 5.24. The zero-order valence-corrected chi connectivity index (χ0v) is 11.7. The normalized spacial score (nSPS) is 25.5. The lowest BCUT2D eigenvalue weighted by atomic mass is 10.1. The van der Waals surface area contributed by atoms with E-state index in [0.717, 1.165) is 30.2 Å². The number of nitrogens with zero attached hydrogens (tertiary/aromatic N) is 3. The Bertz CT molecular complexity index is 410. The second-order valence-electron chi connectivity index (χ2n) is 5.40. The maximum atomic E-state index is 9.28. The van der Waals surface area contributed by atoms with Gasteiger partial charge in [0.1, 0.15) is 5.82 Å². The van der Waals surface area contributed by atoms with E-state index in [1.807, 2.05) is 19.1 Å². The minimum Gasteiger partial charge on any atom is -0.392 e. The Kier molecular flexibility index (Phi) is 3.88. The zero-order valence-electron chi connectivity index (χ0n) is 11.7. The Hall–Kier alpha value is -1.13. The van der Waals surface area contributed by atoms with Gasteiger partial charge in [-0.15, -0.1) is 0 Å². The van der Waals surface area contributed by atoms with Crippen molar-refractivity contribution in [2.75, 3.05) is 25.0 Å². The molecule has 4 heteroatoms. The predicted molar refractivity (Wildman–Crippen MR) is 73.8 cm³/mol. The molecule has 18 heavy (non-hydrogen) atoms. The van der Waals surface area contributed by atoms with Crippen LogP contribution in [0.3, 0.4) is 0 Å². The molecule has 0 amide bonds. The lowest BCUT2D eigenvalue weighted by Gasteiger charge is -2.43. The van der Waals surface area contributed by atoms with Gasteiger partial charge < -0.3 is 10.0 Å². The lowest BCUT2D eigenvalue weighted by Crippen LogP contribution is -2.55. The molecule has 2 heterocycles. The molecule has 2 rings (SSSR count). The molecule has 0 bridgehead atoms. The first-order valence-corrected chi connectivity index (χ1v) is 6.56. The molecule has 4 nitrogen and oxygen atoms in total. The number of rotatable bonds is 2. The molecule has 1 aromatic heterocycles. The summed E-state index contributed by atoms with van der Waals surface area (Å²) in [6.07, 6.45) is 0. The van der Waals surface area contributed by atoms with E-state index in [0.29, 0.717) is 12.1 Å². The van der Waals surface area contributed by atoms with Gasteiger partial charge in [0, 0.05) is 30.9 Å². The van der Waals surface area contributed by atoms with E-state index in [9.17, 15) is 5.11 Å². The lowest BCUT2D eigenvalue weighted by molar-refractivity contribution is 0.169. The van der Waals surface area contributed by atoms with E-state index < -0.39 is 0 Å². The van der Waals surface area contributed by atoms with Crippen LogP contribution in [-0.2, 0) is 6.61 Å². The summed E-state index contributed by atoms with van der Waals surface area (Å²) < 4.78 is 0. The SMILES string of the molecule is Cc1cc(CO)cc(N2CC(C)N(C)C(C)C2)n1. The van der Waals surface area contributed by atoms with Gasteiger partial charge in [-0.3, -0.25) is 4.90 Å². The van der Waals surface area contributed by atoms with E-state index in [1.54, 1.807) is 0 Å². The monoisotopic (exact) mass is 249 g/mol. The number of aromatic nitrogens is 1. The minimum atomic E-state index is 0.0786. The van der Waals surface area contributed by atoms with Gasteiger partial charge in [0.2, 0.25) is 0 Å². The summed E-state index contributed by atoms with van der Waals surface area (Å²) in [6.45, 7) is 8.52. The minimum absolute atomic E-state index is 0.0786. The molecule has 0 radical (unpaired) electrons. The van der Waals surface area contributed by atoms with E-state index in [1.165, 1.54) is 0 Å². The standard InChI is InChI=1S/C14H23N3O/c1-10-5-13(9-18)6-14(15-10)17-7-11(2)16(4)12(3)8-17/h5-6,11-12,18H,7-9H2,1-4H3. The van der Waals surface area contributed by atoms with Gasteiger partial charge in [-0.25, -0.2) is 4.98 Å². The summed E-state index contributed by atoms with van der Waals surface area (Å²) in [5, 5.41) is 9.28. The van der Waals surface area contributed by atoms with Gasteiger partial charge >= 0.3 is 0 Å². The average Bonchev–Trinajstić information content (AvgIpc) is 2.34. The Morgan fingerprint density at radius 1 is 1.28 bits per heavy atom. The molecular weight excluding hydrogens is 226 g/mol. The van der Waals surface area contributed by atoms with E-state index in [4.69, 9.17) is 0 Å². The van der Waals surface area contributed by atoms with E-state index in [-0.39, 0.29) is 6.61 Å². The van der Waals surface area contributed by atoms with Crippen molar-refractivity contribution in [2.24, 2.45) is 0 Å². The number of piperazine rings is 1. The first kappa shape index (κ1) is 13.3. The number of likely N-dealkylation sites (N-methyl/N-ethyl adjacent to an activating group) is 1. The van der Waals surface area contributed by atoms with Crippen LogP contribution in [0, 0.1) is 6.92 Å². The van der Waals surface area contributed by atoms with E-state index >= 15 is 0 Å². The summed E-state index contributed by atoms with van der Waals surface area (Å²) in [5.74, 6) is 0.992. The van der Waals surface area contributed by atoms with Crippen LogP contribution in [0.4, 0.5) is 5.82 Å². The van der Waals surface area contributed by atoms with Crippen molar-refractivity contribution in [3.8, 4) is 0 Å². The fourth-order valence-electron chi connectivity index (χ4n) is 2.57. The highest BCUT2D eigenvalue weighted by Gasteiger charge is 2.27. The van der Waals surface area contributed by atoms with Crippen LogP contribution < -0.4 is 4.90 Å². The maximum Gasteiger partial charge on any atom is 0.129 e. The molecule has 0 aromatic carbocycles. The van der Waals surface area contributed by atoms with Gasteiger partial charge in [-0.1, -0.05) is 0 Å². The number of pyridine rings is 1. The van der Waals surface area contributed by atoms with Crippen molar-refractivity contribution in [3.05, 3.63) is 23.4 Å². The first-order valence-electron chi connectivity index (χ1n) is 6.56. The van der Waals surface area contributed by atoms with Gasteiger partial charge in [-0.2, -0.15) is 0 Å². The first-order chi connectivity index (χ1) is 8.51. The second-order valence-corrected chi connectivity index (χ2v) is 5.40. The molecule has 2 unspecified atom stereocenters. The highest BCUT2D eigenvalue weighted by Crippen LogP contribution is 2.21. The Morgan fingerprint density at radius 2 is 1.89 bits per heavy atom. The van der Waals surface area contributed by atoms with Crippen LogP contribution in [0.15, 0.2) is 12.1 Å². The van der Waals surface area contributed by atoms with Gasteiger partial charge in [-0.05, 0) is 45.5 Å². The molecule has 1 aliphatic rings. The predicted octanol–water partition coefficient (Wildman–Crippen LogP) is 1.41. The van der Waals surface area contributed by atoms with Crippen molar-refractivity contribution >= 4 is 5.82 Å². The summed E-state index contributed by atoms with van der Waals surface area (Å²) in [5.41, 5.74) is 1.91. The van der Waals surface area contributed by atoms with Crippen molar-refractivity contribution in [2.45, 2.75) is 39.5 Å². The third-order valence-corrected chi connectivity index (χ3v) is 3.87. The van der Waals surface area contributed by atoms with Crippen LogP contribution in [-0.4, -0.2) is 47.2 Å². The molecule has 0 aliphatic carbocycles. The molecule has 2 atom stereocenters. The Labute approximate surface area is 109 Å². The average molecular weight is 249 g/mol. The zero-order chi connectivity index (χ0) is 13.3. The summed E-state index contributed by atoms with van der Waals surface area (Å²) >= 11 is 0. The molecule has 100 valence electrons. The molecule has 0 saturated carbocycles. The number of anilines is 1. The topological polar surface area (TPSA) is 39.6 Å². The molecule has 1 N–H and O–H groups in total. The van der Waals surface area contributed by atoms with Gasteiger partial charge in [0.15, 0.2) is 0 Å². The Morgan fingerprint density at radius 3 is 2.44 bits per heavy atom. The molecule has 1 fully saturated rings.